The van der Waals surface area contributed by atoms with Crippen LogP contribution in [0, 0.1) is 5.21 Å². The average molecular weight is 174 g/mol. The molecule has 11 heavy (non-hydrogen) atoms. The molecule has 1 aliphatic rings. The van der Waals surface area contributed by atoms with Crippen LogP contribution in [0.25, 0.3) is 0 Å². The van der Waals surface area contributed by atoms with Gasteiger partial charge >= 0.3 is 5.91 Å². The molecule has 1 rings (SSSR count). The molecule has 0 saturated carbocycles. The Morgan fingerprint density at radius 3 is 2.82 bits per heavy atom. The van der Waals surface area contributed by atoms with Gasteiger partial charge in [-0.1, -0.05) is 0 Å². The Bertz CT molecular complexity index is 246. The highest BCUT2D eigenvalue weighted by Gasteiger charge is 2.29. The number of nitrogens with zero attached hydrogens (tertiary/aromatic N) is 1. The van der Waals surface area contributed by atoms with Crippen LogP contribution in [0.1, 0.15) is 0 Å². The summed E-state index contributed by atoms with van der Waals surface area (Å²) in [6, 6.07) is 0. The first-order chi connectivity index (χ1) is 5.04. The summed E-state index contributed by atoms with van der Waals surface area (Å²) in [6.45, 7) is 0. The highest BCUT2D eigenvalue weighted by molar-refractivity contribution is 7.96. The molecule has 0 spiro atoms. The quantitative estimate of drug-likeness (QED) is 0.338. The van der Waals surface area contributed by atoms with Crippen molar-refractivity contribution in [3.05, 3.63) is 28.5 Å². The second-order valence-corrected chi connectivity index (χ2v) is 2.85. The van der Waals surface area contributed by atoms with Gasteiger partial charge in [-0.05, 0) is 6.08 Å². The summed E-state index contributed by atoms with van der Waals surface area (Å²) in [6.07, 6.45) is 2.65. The molecule has 1 heterocycles. The molecule has 0 bridgehead atoms. The van der Waals surface area contributed by atoms with Crippen molar-refractivity contribution in [2.45, 2.75) is 0 Å². The topological polar surface area (TPSA) is 86.4 Å². The van der Waals surface area contributed by atoms with Gasteiger partial charge in [0.25, 0.3) is 0 Å². The molecule has 0 fully saturated rings. The highest BCUT2D eigenvalue weighted by Crippen LogP contribution is 2.29. The molecule has 0 saturated heterocycles. The molecule has 60 valence electrons. The molecule has 1 unspecified atom stereocenters. The minimum atomic E-state index is -1.79. The van der Waals surface area contributed by atoms with Gasteiger partial charge in [0.05, 0.1) is 0 Å². The van der Waals surface area contributed by atoms with E-state index in [1.165, 1.54) is 17.6 Å². The standard InChI is InChI=1S/C5H6N2O3S/c6-5(8)4-2-1-3-11-7(4,9)10/h1-3,9H,(H2,6,8). The first-order valence-electron chi connectivity index (χ1n) is 2.72. The van der Waals surface area contributed by atoms with Crippen molar-refractivity contribution in [1.82, 2.24) is 0 Å². The fourth-order valence-electron chi connectivity index (χ4n) is 0.620. The zero-order valence-electron chi connectivity index (χ0n) is 5.43. The molecular formula is C5H6N2O3S. The lowest BCUT2D eigenvalue weighted by atomic mass is 10.4. The molecule has 3 N–H and O–H groups in total. The van der Waals surface area contributed by atoms with E-state index < -0.39 is 10.1 Å². The average Bonchev–Trinajstić information content (AvgIpc) is 1.85. The Labute approximate surface area is 67.0 Å². The van der Waals surface area contributed by atoms with Crippen LogP contribution in [-0.4, -0.2) is 15.3 Å². The normalized spacial score (nSPS) is 29.8. The summed E-state index contributed by atoms with van der Waals surface area (Å²) in [4.78, 5) is 10.5. The van der Waals surface area contributed by atoms with E-state index in [2.05, 4.69) is 0 Å². The number of carbonyl (C=O) groups excluding carboxylic acids is 1. The van der Waals surface area contributed by atoms with Gasteiger partial charge in [-0.3, -0.25) is 4.79 Å². The zero-order valence-corrected chi connectivity index (χ0v) is 6.25. The molecule has 1 aliphatic heterocycles. The van der Waals surface area contributed by atoms with Crippen molar-refractivity contribution >= 4 is 17.9 Å². The predicted octanol–water partition coefficient (Wildman–Crippen LogP) is 0.235. The molecule has 0 radical (unpaired) electrons. The number of hydrogen-bond acceptors (Lipinski definition) is 4. The minimum absolute atomic E-state index is 0.377. The van der Waals surface area contributed by atoms with E-state index in [-0.39, 0.29) is 5.70 Å². The van der Waals surface area contributed by atoms with Gasteiger partial charge < -0.3 is 10.9 Å². The molecule has 0 aromatic carbocycles. The lowest BCUT2D eigenvalue weighted by Crippen LogP contribution is -2.37. The van der Waals surface area contributed by atoms with Gasteiger partial charge in [0.15, 0.2) is 0 Å². The van der Waals surface area contributed by atoms with Crippen LogP contribution in [0.2, 0.25) is 0 Å². The number of carbonyl (C=O) groups is 1. The van der Waals surface area contributed by atoms with Crippen LogP contribution >= 0.6 is 11.9 Å². The maximum absolute atomic E-state index is 10.9. The Morgan fingerprint density at radius 2 is 2.45 bits per heavy atom. The predicted molar refractivity (Wildman–Crippen MR) is 39.4 cm³/mol. The number of quaternary nitrogens is 1. The largest absolute Gasteiger partial charge is 0.581 e. The number of amides is 1. The summed E-state index contributed by atoms with van der Waals surface area (Å²) < 4.78 is -1.79. The van der Waals surface area contributed by atoms with Crippen LogP contribution in [-0.2, 0) is 4.79 Å². The molecule has 0 aliphatic carbocycles. The van der Waals surface area contributed by atoms with Crippen LogP contribution in [0.15, 0.2) is 23.3 Å². The van der Waals surface area contributed by atoms with E-state index in [0.717, 1.165) is 0 Å². The monoisotopic (exact) mass is 174 g/mol. The van der Waals surface area contributed by atoms with Crippen molar-refractivity contribution in [1.29, 1.82) is 0 Å². The molecule has 0 aromatic heterocycles. The van der Waals surface area contributed by atoms with Crippen molar-refractivity contribution in [2.24, 2.45) is 5.73 Å². The summed E-state index contributed by atoms with van der Waals surface area (Å²) >= 11 is 0.545. The Morgan fingerprint density at radius 1 is 1.82 bits per heavy atom. The number of allylic oxidation sites excluding steroid dienone is 2. The van der Waals surface area contributed by atoms with E-state index in [0.29, 0.717) is 11.9 Å². The third kappa shape index (κ3) is 1.60. The number of rotatable bonds is 1. The first kappa shape index (κ1) is 8.28. The van der Waals surface area contributed by atoms with Crippen LogP contribution in [0.4, 0.5) is 0 Å². The number of hydrogen-bond donors (Lipinski definition) is 2. The fraction of sp³-hybridized carbons (Fsp3) is 0. The maximum atomic E-state index is 10.9. The summed E-state index contributed by atoms with van der Waals surface area (Å²) in [5, 5.41) is 21.2. The fourth-order valence-corrected chi connectivity index (χ4v) is 1.20. The third-order valence-corrected chi connectivity index (χ3v) is 1.85. The van der Waals surface area contributed by atoms with Crippen LogP contribution < -0.4 is 5.73 Å². The van der Waals surface area contributed by atoms with Crippen molar-refractivity contribution in [3.8, 4) is 0 Å². The van der Waals surface area contributed by atoms with Crippen molar-refractivity contribution in [3.63, 3.8) is 0 Å². The van der Waals surface area contributed by atoms with Gasteiger partial charge in [0.2, 0.25) is 5.70 Å². The van der Waals surface area contributed by atoms with Gasteiger partial charge in [-0.2, -0.15) is 5.21 Å². The molecule has 1 atom stereocenters. The first-order valence-corrected chi connectivity index (χ1v) is 3.56. The van der Waals surface area contributed by atoms with Crippen LogP contribution in [0.5, 0.6) is 0 Å². The number of hydroxylamine groups is 2. The van der Waals surface area contributed by atoms with Crippen LogP contribution in [0.3, 0.4) is 0 Å². The second kappa shape index (κ2) is 2.67. The van der Waals surface area contributed by atoms with Gasteiger partial charge in [0, 0.05) is 11.5 Å². The molecule has 5 nitrogen and oxygen atoms in total. The Hall–Kier alpha value is -0.820. The van der Waals surface area contributed by atoms with Crippen molar-refractivity contribution in [2.75, 3.05) is 0 Å². The van der Waals surface area contributed by atoms with Crippen molar-refractivity contribution < 1.29 is 14.2 Å². The molecule has 1 amide bonds. The van der Waals surface area contributed by atoms with E-state index in [1.54, 1.807) is 0 Å². The minimum Gasteiger partial charge on any atom is -0.581 e. The van der Waals surface area contributed by atoms with Gasteiger partial charge in [-0.25, -0.2) is 0 Å². The maximum Gasteiger partial charge on any atom is 0.307 e. The molecule has 0 aromatic rings. The van der Waals surface area contributed by atoms with E-state index in [1.807, 2.05) is 0 Å². The molecule has 6 heteroatoms. The lowest BCUT2D eigenvalue weighted by Gasteiger charge is -2.30. The SMILES string of the molecule is NC(=O)C1=CC=CS[N+]1([O-])O. The van der Waals surface area contributed by atoms with E-state index in [4.69, 9.17) is 10.9 Å². The summed E-state index contributed by atoms with van der Waals surface area (Å²) in [5.74, 6) is -0.917. The summed E-state index contributed by atoms with van der Waals surface area (Å²) in [7, 11) is 0. The highest BCUT2D eigenvalue weighted by atomic mass is 32.2. The number of primary amides is 1. The lowest BCUT2D eigenvalue weighted by molar-refractivity contribution is -0.913. The zero-order chi connectivity index (χ0) is 8.48. The molecular weight excluding hydrogens is 168 g/mol. The van der Waals surface area contributed by atoms with Gasteiger partial charge in [-0.15, -0.1) is 4.21 Å². The van der Waals surface area contributed by atoms with E-state index >= 15 is 0 Å². The second-order valence-electron chi connectivity index (χ2n) is 1.87. The Balaban J connectivity index is 2.97. The smallest absolute Gasteiger partial charge is 0.307 e. The Kier molecular flexibility index (Phi) is 2.01. The van der Waals surface area contributed by atoms with Gasteiger partial charge in [0.1, 0.15) is 11.9 Å². The third-order valence-electron chi connectivity index (χ3n) is 1.09. The summed E-state index contributed by atoms with van der Waals surface area (Å²) in [5.41, 5.74) is 4.44. The van der Waals surface area contributed by atoms with E-state index in [9.17, 15) is 10.0 Å². The number of nitrogens with two attached hydrogens (primary N) is 1.